The number of piperazine rings is 1. The Labute approximate surface area is 144 Å². The van der Waals surface area contributed by atoms with Gasteiger partial charge in [0.1, 0.15) is 4.90 Å². The second-order valence-corrected chi connectivity index (χ2v) is 7.68. The summed E-state index contributed by atoms with van der Waals surface area (Å²) in [4.78, 5) is 10.3. The van der Waals surface area contributed by atoms with Gasteiger partial charge in [-0.3, -0.25) is 0 Å². The van der Waals surface area contributed by atoms with Gasteiger partial charge in [0.15, 0.2) is 0 Å². The van der Waals surface area contributed by atoms with Gasteiger partial charge in [-0.05, 0) is 18.2 Å². The first-order valence-corrected chi connectivity index (χ1v) is 9.16. The van der Waals surface area contributed by atoms with E-state index in [0.717, 1.165) is 0 Å². The summed E-state index contributed by atoms with van der Waals surface area (Å²) in [7, 11) is -3.73. The van der Waals surface area contributed by atoms with E-state index in [-0.39, 0.29) is 14.9 Å². The molecule has 122 valence electrons. The number of sulfonamides is 1. The van der Waals surface area contributed by atoms with Gasteiger partial charge >= 0.3 is 0 Å². The fourth-order valence-electron chi connectivity index (χ4n) is 2.44. The van der Waals surface area contributed by atoms with Gasteiger partial charge in [0, 0.05) is 38.6 Å². The van der Waals surface area contributed by atoms with Crippen molar-refractivity contribution >= 4 is 39.2 Å². The summed E-state index contributed by atoms with van der Waals surface area (Å²) in [5, 5.41) is 0.262. The van der Waals surface area contributed by atoms with Crippen LogP contribution in [0.25, 0.3) is 0 Å². The summed E-state index contributed by atoms with van der Waals surface area (Å²) < 4.78 is 26.9. The van der Waals surface area contributed by atoms with Crippen LogP contribution < -0.4 is 4.90 Å². The Morgan fingerprint density at radius 3 is 2.04 bits per heavy atom. The topological polar surface area (TPSA) is 66.4 Å². The van der Waals surface area contributed by atoms with E-state index in [9.17, 15) is 8.42 Å². The molecule has 3 rings (SSSR count). The van der Waals surface area contributed by atoms with Crippen molar-refractivity contribution in [1.82, 2.24) is 14.3 Å². The molecule has 1 aromatic carbocycles. The second-order valence-electron chi connectivity index (χ2n) is 4.99. The van der Waals surface area contributed by atoms with E-state index in [1.54, 1.807) is 24.5 Å². The highest BCUT2D eigenvalue weighted by atomic mass is 35.5. The van der Waals surface area contributed by atoms with Crippen LogP contribution in [0.1, 0.15) is 0 Å². The monoisotopic (exact) mass is 372 g/mol. The number of rotatable bonds is 3. The molecular formula is C14H14Cl2N4O2S. The van der Waals surface area contributed by atoms with Crippen LogP contribution >= 0.6 is 23.2 Å². The van der Waals surface area contributed by atoms with E-state index in [4.69, 9.17) is 23.2 Å². The minimum absolute atomic E-state index is 0.0345. The lowest BCUT2D eigenvalue weighted by Gasteiger charge is -2.34. The molecule has 1 aromatic heterocycles. The van der Waals surface area contributed by atoms with Gasteiger partial charge in [-0.1, -0.05) is 29.3 Å². The van der Waals surface area contributed by atoms with Gasteiger partial charge in [-0.15, -0.1) is 0 Å². The number of nitrogens with zero attached hydrogens (tertiary/aromatic N) is 4. The molecule has 1 aliphatic heterocycles. The first-order valence-electron chi connectivity index (χ1n) is 6.96. The zero-order chi connectivity index (χ0) is 16.4. The molecular weight excluding hydrogens is 359 g/mol. The summed E-state index contributed by atoms with van der Waals surface area (Å²) in [6.45, 7) is 1.65. The molecule has 1 aliphatic rings. The molecule has 23 heavy (non-hydrogen) atoms. The fourth-order valence-corrected chi connectivity index (χ4v) is 4.95. The summed E-state index contributed by atoms with van der Waals surface area (Å²) in [5.74, 6) is 0.598. The fraction of sp³-hybridized carbons (Fsp3) is 0.286. The van der Waals surface area contributed by atoms with Crippen molar-refractivity contribution in [1.29, 1.82) is 0 Å². The molecule has 0 atom stereocenters. The van der Waals surface area contributed by atoms with E-state index >= 15 is 0 Å². The SMILES string of the molecule is O=S(=O)(c1c(Cl)cccc1Cl)N1CCN(c2ncccn2)CC1. The third kappa shape index (κ3) is 3.28. The third-order valence-electron chi connectivity index (χ3n) is 3.59. The standard InChI is InChI=1S/C14H14Cl2N4O2S/c15-11-3-1-4-12(16)13(11)23(21,22)20-9-7-19(8-10-20)14-17-5-2-6-18-14/h1-6H,7-10H2. The van der Waals surface area contributed by atoms with Crippen LogP contribution in [0.2, 0.25) is 10.0 Å². The summed E-state index contributed by atoms with van der Waals surface area (Å²) in [6, 6.07) is 6.40. The molecule has 1 fully saturated rings. The Balaban J connectivity index is 1.79. The lowest BCUT2D eigenvalue weighted by molar-refractivity contribution is 0.382. The van der Waals surface area contributed by atoms with Crippen molar-refractivity contribution in [3.63, 3.8) is 0 Å². The van der Waals surface area contributed by atoms with E-state index < -0.39 is 10.0 Å². The number of anilines is 1. The molecule has 0 spiro atoms. The van der Waals surface area contributed by atoms with E-state index in [0.29, 0.717) is 32.1 Å². The first kappa shape index (κ1) is 16.4. The zero-order valence-corrected chi connectivity index (χ0v) is 14.4. The maximum absolute atomic E-state index is 12.8. The van der Waals surface area contributed by atoms with Gasteiger partial charge in [0.25, 0.3) is 0 Å². The van der Waals surface area contributed by atoms with Crippen molar-refractivity contribution in [2.24, 2.45) is 0 Å². The zero-order valence-electron chi connectivity index (χ0n) is 12.1. The molecule has 2 heterocycles. The Hall–Kier alpha value is -1.41. The molecule has 1 saturated heterocycles. The quantitative estimate of drug-likeness (QED) is 0.826. The first-order chi connectivity index (χ1) is 11.0. The molecule has 0 saturated carbocycles. The van der Waals surface area contributed by atoms with Crippen LogP contribution in [-0.4, -0.2) is 48.9 Å². The molecule has 0 radical (unpaired) electrons. The van der Waals surface area contributed by atoms with Crippen LogP contribution in [0.5, 0.6) is 0 Å². The highest BCUT2D eigenvalue weighted by molar-refractivity contribution is 7.89. The van der Waals surface area contributed by atoms with E-state index in [1.807, 2.05) is 4.90 Å². The average Bonchev–Trinajstić information content (AvgIpc) is 2.55. The van der Waals surface area contributed by atoms with Crippen molar-refractivity contribution < 1.29 is 8.42 Å². The molecule has 0 amide bonds. The predicted octanol–water partition coefficient (Wildman–Crippen LogP) is 2.29. The minimum Gasteiger partial charge on any atom is -0.338 e. The predicted molar refractivity (Wildman–Crippen MR) is 89.5 cm³/mol. The normalized spacial score (nSPS) is 16.5. The summed E-state index contributed by atoms with van der Waals surface area (Å²) in [5.41, 5.74) is 0. The van der Waals surface area contributed by atoms with Gasteiger partial charge in [-0.25, -0.2) is 18.4 Å². The Morgan fingerprint density at radius 2 is 1.48 bits per heavy atom. The highest BCUT2D eigenvalue weighted by Gasteiger charge is 2.32. The number of halogens is 2. The minimum atomic E-state index is -3.73. The van der Waals surface area contributed by atoms with Gasteiger partial charge < -0.3 is 4.90 Å². The average molecular weight is 373 g/mol. The lowest BCUT2D eigenvalue weighted by atomic mass is 10.4. The van der Waals surface area contributed by atoms with Crippen molar-refractivity contribution in [2.45, 2.75) is 4.90 Å². The smallest absolute Gasteiger partial charge is 0.246 e. The van der Waals surface area contributed by atoms with Crippen LogP contribution in [0.3, 0.4) is 0 Å². The van der Waals surface area contributed by atoms with Crippen LogP contribution in [0, 0.1) is 0 Å². The third-order valence-corrected chi connectivity index (χ3v) is 6.45. The highest BCUT2D eigenvalue weighted by Crippen LogP contribution is 2.32. The molecule has 9 heteroatoms. The van der Waals surface area contributed by atoms with Gasteiger partial charge in [0.2, 0.25) is 16.0 Å². The lowest BCUT2D eigenvalue weighted by Crippen LogP contribution is -2.49. The maximum atomic E-state index is 12.8. The van der Waals surface area contributed by atoms with E-state index in [1.165, 1.54) is 16.4 Å². The van der Waals surface area contributed by atoms with Crippen molar-refractivity contribution in [3.8, 4) is 0 Å². The van der Waals surface area contributed by atoms with Gasteiger partial charge in [0.05, 0.1) is 10.0 Å². The number of benzene rings is 1. The number of aromatic nitrogens is 2. The van der Waals surface area contributed by atoms with Crippen LogP contribution in [0.4, 0.5) is 5.95 Å². The molecule has 0 N–H and O–H groups in total. The van der Waals surface area contributed by atoms with Crippen molar-refractivity contribution in [2.75, 3.05) is 31.1 Å². The molecule has 6 nitrogen and oxygen atoms in total. The second kappa shape index (κ2) is 6.60. The van der Waals surface area contributed by atoms with Crippen molar-refractivity contribution in [3.05, 3.63) is 46.7 Å². The Kier molecular flexibility index (Phi) is 4.72. The molecule has 2 aromatic rings. The van der Waals surface area contributed by atoms with E-state index in [2.05, 4.69) is 9.97 Å². The largest absolute Gasteiger partial charge is 0.338 e. The number of hydrogen-bond acceptors (Lipinski definition) is 5. The molecule has 0 aliphatic carbocycles. The van der Waals surface area contributed by atoms with Crippen LogP contribution in [-0.2, 0) is 10.0 Å². The molecule has 0 unspecified atom stereocenters. The van der Waals surface area contributed by atoms with Crippen LogP contribution in [0.15, 0.2) is 41.6 Å². The molecule has 0 bridgehead atoms. The summed E-state index contributed by atoms with van der Waals surface area (Å²) in [6.07, 6.45) is 3.32. The maximum Gasteiger partial charge on any atom is 0.246 e. The number of hydrogen-bond donors (Lipinski definition) is 0. The van der Waals surface area contributed by atoms with Gasteiger partial charge in [-0.2, -0.15) is 4.31 Å². The Morgan fingerprint density at radius 1 is 0.913 bits per heavy atom. The Bertz CT molecular complexity index is 773. The summed E-state index contributed by atoms with van der Waals surface area (Å²) >= 11 is 12.1.